The number of rotatable bonds is 4. The van der Waals surface area contributed by atoms with Gasteiger partial charge >= 0.3 is 0 Å². The quantitative estimate of drug-likeness (QED) is 0.603. The van der Waals surface area contributed by atoms with Crippen molar-refractivity contribution in [3.63, 3.8) is 0 Å². The number of thioether (sulfide) groups is 1. The second-order valence-electron chi connectivity index (χ2n) is 5.89. The van der Waals surface area contributed by atoms with Gasteiger partial charge in [0.1, 0.15) is 11.1 Å². The summed E-state index contributed by atoms with van der Waals surface area (Å²) in [6.45, 7) is 0. The first kappa shape index (κ1) is 19.7. The van der Waals surface area contributed by atoms with Gasteiger partial charge in [0, 0.05) is 23.1 Å². The van der Waals surface area contributed by atoms with Crippen molar-refractivity contribution in [3.05, 3.63) is 68.7 Å². The fourth-order valence-corrected chi connectivity index (χ4v) is 4.01. The molecule has 1 aliphatic heterocycles. The predicted octanol–water partition coefficient (Wildman–Crippen LogP) is 3.27. The van der Waals surface area contributed by atoms with Crippen molar-refractivity contribution in [3.8, 4) is 6.07 Å². The highest BCUT2D eigenvalue weighted by molar-refractivity contribution is 7.99. The Bertz CT molecular complexity index is 990. The van der Waals surface area contributed by atoms with Crippen molar-refractivity contribution in [1.82, 2.24) is 4.90 Å². The van der Waals surface area contributed by atoms with Crippen LogP contribution in [0.4, 0.5) is 11.4 Å². The lowest BCUT2D eigenvalue weighted by Gasteiger charge is -2.23. The fraction of sp³-hybridized carbons (Fsp3) is 0.167. The zero-order valence-corrected chi connectivity index (χ0v) is 15.9. The van der Waals surface area contributed by atoms with E-state index in [1.54, 1.807) is 24.3 Å². The van der Waals surface area contributed by atoms with Crippen molar-refractivity contribution in [2.75, 3.05) is 16.9 Å². The molecule has 1 aliphatic rings. The lowest BCUT2D eigenvalue weighted by atomic mass is 10.1. The minimum Gasteiger partial charge on any atom is -0.324 e. The molecule has 142 valence electrons. The number of hydrogen-bond donors (Lipinski definition) is 1. The average Bonchev–Trinajstić information content (AvgIpc) is 3.18. The Morgan fingerprint density at radius 3 is 2.64 bits per heavy atom. The van der Waals surface area contributed by atoms with Crippen LogP contribution in [0.3, 0.4) is 0 Å². The highest BCUT2D eigenvalue weighted by Gasteiger charge is 2.35. The second-order valence-corrected chi connectivity index (χ2v) is 7.30. The number of hydrogen-bond acceptors (Lipinski definition) is 6. The summed E-state index contributed by atoms with van der Waals surface area (Å²) in [5.74, 6) is -0.152. The van der Waals surface area contributed by atoms with Gasteiger partial charge in [-0.2, -0.15) is 5.26 Å². The van der Waals surface area contributed by atoms with Crippen LogP contribution in [-0.2, 0) is 4.79 Å². The Morgan fingerprint density at radius 2 is 2.00 bits per heavy atom. The molecule has 1 atom stereocenters. The second kappa shape index (κ2) is 8.29. The molecular weight excluding hydrogens is 404 g/mol. The maximum Gasteiger partial charge on any atom is 0.288 e. The van der Waals surface area contributed by atoms with E-state index < -0.39 is 16.9 Å². The van der Waals surface area contributed by atoms with Gasteiger partial charge in [-0.15, -0.1) is 11.8 Å². The number of carbonyl (C=O) groups is 2. The van der Waals surface area contributed by atoms with E-state index in [0.29, 0.717) is 22.9 Å². The van der Waals surface area contributed by atoms with Gasteiger partial charge in [-0.3, -0.25) is 19.7 Å². The summed E-state index contributed by atoms with van der Waals surface area (Å²) in [5, 5.41) is 22.5. The molecule has 0 radical (unpaired) electrons. The van der Waals surface area contributed by atoms with Gasteiger partial charge in [0.25, 0.3) is 11.6 Å². The molecule has 0 saturated carbocycles. The molecule has 0 aliphatic carbocycles. The first-order valence-electron chi connectivity index (χ1n) is 8.04. The predicted molar refractivity (Wildman–Crippen MR) is 105 cm³/mol. The van der Waals surface area contributed by atoms with Gasteiger partial charge in [0.05, 0.1) is 22.4 Å². The molecule has 0 aromatic heterocycles. The van der Waals surface area contributed by atoms with E-state index in [4.69, 9.17) is 16.9 Å². The molecule has 3 rings (SSSR count). The summed E-state index contributed by atoms with van der Waals surface area (Å²) in [4.78, 5) is 37.2. The molecule has 2 aromatic rings. The summed E-state index contributed by atoms with van der Waals surface area (Å²) in [7, 11) is 0. The number of nitrogens with one attached hydrogen (secondary N) is 1. The third kappa shape index (κ3) is 4.08. The monoisotopic (exact) mass is 416 g/mol. The average molecular weight is 417 g/mol. The van der Waals surface area contributed by atoms with E-state index in [1.165, 1.54) is 28.8 Å². The molecule has 0 spiro atoms. The molecule has 0 bridgehead atoms. The van der Waals surface area contributed by atoms with Crippen LogP contribution >= 0.6 is 23.4 Å². The molecule has 2 amide bonds. The van der Waals surface area contributed by atoms with E-state index in [0.717, 1.165) is 6.07 Å². The van der Waals surface area contributed by atoms with Crippen LogP contribution in [-0.4, -0.2) is 39.3 Å². The summed E-state index contributed by atoms with van der Waals surface area (Å²) in [5.41, 5.74) is 0.707. The van der Waals surface area contributed by atoms with Crippen LogP contribution in [0.25, 0.3) is 0 Å². The molecule has 10 heteroatoms. The zero-order valence-electron chi connectivity index (χ0n) is 14.3. The Morgan fingerprint density at radius 1 is 1.29 bits per heavy atom. The lowest BCUT2D eigenvalue weighted by molar-refractivity contribution is -0.384. The van der Waals surface area contributed by atoms with Gasteiger partial charge in [-0.05, 0) is 36.4 Å². The third-order valence-electron chi connectivity index (χ3n) is 4.12. The largest absolute Gasteiger partial charge is 0.324 e. The molecule has 8 nitrogen and oxygen atoms in total. The molecular formula is C18H13ClN4O4S. The maximum atomic E-state index is 12.8. The summed E-state index contributed by atoms with van der Waals surface area (Å²) in [6, 6.07) is 11.4. The molecule has 2 aromatic carbocycles. The van der Waals surface area contributed by atoms with Crippen LogP contribution < -0.4 is 5.32 Å². The van der Waals surface area contributed by atoms with Gasteiger partial charge in [-0.1, -0.05) is 11.6 Å². The van der Waals surface area contributed by atoms with Crippen LogP contribution in [0.5, 0.6) is 0 Å². The van der Waals surface area contributed by atoms with Gasteiger partial charge in [-0.25, -0.2) is 0 Å². The third-order valence-corrected chi connectivity index (χ3v) is 5.45. The summed E-state index contributed by atoms with van der Waals surface area (Å²) in [6.07, 6.45) is 0. The fourth-order valence-electron chi connectivity index (χ4n) is 2.67. The normalized spacial score (nSPS) is 15.7. The summed E-state index contributed by atoms with van der Waals surface area (Å²) >= 11 is 7.20. The van der Waals surface area contributed by atoms with Crippen molar-refractivity contribution in [2.45, 2.75) is 6.04 Å². The molecule has 1 saturated heterocycles. The van der Waals surface area contributed by atoms with E-state index in [9.17, 15) is 19.7 Å². The van der Waals surface area contributed by atoms with Crippen LogP contribution in [0.1, 0.15) is 15.9 Å². The molecule has 1 N–H and O–H groups in total. The Balaban J connectivity index is 1.77. The smallest absolute Gasteiger partial charge is 0.288 e. The number of nitriles is 1. The van der Waals surface area contributed by atoms with Gasteiger partial charge in [0.15, 0.2) is 0 Å². The number of nitro benzene ring substituents is 1. The van der Waals surface area contributed by atoms with Gasteiger partial charge < -0.3 is 10.2 Å². The van der Waals surface area contributed by atoms with E-state index in [-0.39, 0.29) is 22.2 Å². The van der Waals surface area contributed by atoms with Crippen molar-refractivity contribution < 1.29 is 14.5 Å². The molecule has 28 heavy (non-hydrogen) atoms. The van der Waals surface area contributed by atoms with Crippen LogP contribution in [0.15, 0.2) is 42.5 Å². The van der Waals surface area contributed by atoms with Gasteiger partial charge in [0.2, 0.25) is 5.91 Å². The first-order chi connectivity index (χ1) is 13.4. The number of halogens is 1. The topological polar surface area (TPSA) is 116 Å². The lowest BCUT2D eigenvalue weighted by Crippen LogP contribution is -2.44. The number of anilines is 1. The highest BCUT2D eigenvalue weighted by Crippen LogP contribution is 2.29. The standard InChI is InChI=1S/C18H13ClN4O4S/c19-14-6-3-12(7-15(14)23(26)27)18(25)22-10-28-9-16(22)17(24)21-13-4-1-11(8-20)2-5-13/h1-7,16H,9-10H2,(H,21,24). The molecule has 1 heterocycles. The molecule has 1 unspecified atom stereocenters. The van der Waals surface area contributed by atoms with E-state index in [2.05, 4.69) is 5.32 Å². The Labute approximate surface area is 169 Å². The highest BCUT2D eigenvalue weighted by atomic mass is 35.5. The van der Waals surface area contributed by atoms with Crippen LogP contribution in [0.2, 0.25) is 5.02 Å². The Hall–Kier alpha value is -3.09. The first-order valence-corrected chi connectivity index (χ1v) is 9.57. The number of amides is 2. The number of carbonyl (C=O) groups excluding carboxylic acids is 2. The van der Waals surface area contributed by atoms with E-state index in [1.807, 2.05) is 6.07 Å². The maximum absolute atomic E-state index is 12.8. The number of nitro groups is 1. The van der Waals surface area contributed by atoms with Crippen LogP contribution in [0, 0.1) is 21.4 Å². The number of nitrogens with zero attached hydrogens (tertiary/aromatic N) is 3. The van der Waals surface area contributed by atoms with Crippen molar-refractivity contribution in [2.24, 2.45) is 0 Å². The molecule has 1 fully saturated rings. The zero-order chi connectivity index (χ0) is 20.3. The Kier molecular flexibility index (Phi) is 5.82. The number of benzene rings is 2. The minimum absolute atomic E-state index is 0.0625. The van der Waals surface area contributed by atoms with Crippen molar-refractivity contribution in [1.29, 1.82) is 5.26 Å². The summed E-state index contributed by atoms with van der Waals surface area (Å²) < 4.78 is 0. The SMILES string of the molecule is N#Cc1ccc(NC(=O)C2CSCN2C(=O)c2ccc(Cl)c([N+](=O)[O-])c2)cc1. The minimum atomic E-state index is -0.720. The van der Waals surface area contributed by atoms with Crippen molar-refractivity contribution >= 4 is 46.6 Å². The van der Waals surface area contributed by atoms with E-state index >= 15 is 0 Å².